The zero-order chi connectivity index (χ0) is 12.4. The summed E-state index contributed by atoms with van der Waals surface area (Å²) in [5.74, 6) is -1.06. The van der Waals surface area contributed by atoms with E-state index in [1.807, 2.05) is 0 Å². The number of carbonyl (C=O) groups excluding carboxylic acids is 1. The van der Waals surface area contributed by atoms with Gasteiger partial charge >= 0.3 is 5.97 Å². The molecule has 1 fully saturated rings. The molecular weight excluding hydrogens is 222 g/mol. The van der Waals surface area contributed by atoms with E-state index in [0.29, 0.717) is 5.69 Å². The van der Waals surface area contributed by atoms with Crippen molar-refractivity contribution in [3.05, 3.63) is 18.2 Å². The number of aromatic nitrogens is 2. The summed E-state index contributed by atoms with van der Waals surface area (Å²) in [5, 5.41) is 8.66. The Bertz CT molecular complexity index is 437. The van der Waals surface area contributed by atoms with E-state index in [2.05, 4.69) is 4.98 Å². The Labute approximate surface area is 98.9 Å². The molecule has 2 rings (SSSR count). The lowest BCUT2D eigenvalue weighted by molar-refractivity contribution is -0.137. The summed E-state index contributed by atoms with van der Waals surface area (Å²) in [5.41, 5.74) is 0.379. The van der Waals surface area contributed by atoms with Crippen molar-refractivity contribution in [3.8, 4) is 0 Å². The molecule has 0 spiro atoms. The summed E-state index contributed by atoms with van der Waals surface area (Å²) in [6.07, 6.45) is 5.11. The van der Waals surface area contributed by atoms with Crippen LogP contribution in [0.15, 0.2) is 12.5 Å². The van der Waals surface area contributed by atoms with E-state index in [1.54, 1.807) is 29.0 Å². The van der Waals surface area contributed by atoms with E-state index < -0.39 is 5.97 Å². The first-order valence-electron chi connectivity index (χ1n) is 5.58. The molecule has 0 bridgehead atoms. The number of carboxylic acids is 1. The minimum absolute atomic E-state index is 0.0188. The van der Waals surface area contributed by atoms with Gasteiger partial charge in [-0.3, -0.25) is 9.59 Å². The highest BCUT2D eigenvalue weighted by Gasteiger charge is 2.33. The van der Waals surface area contributed by atoms with E-state index in [0.717, 1.165) is 12.8 Å². The highest BCUT2D eigenvalue weighted by atomic mass is 16.4. The van der Waals surface area contributed by atoms with Gasteiger partial charge in [-0.25, -0.2) is 4.98 Å². The molecule has 0 aromatic carbocycles. The molecule has 1 aliphatic rings. The van der Waals surface area contributed by atoms with Gasteiger partial charge in [-0.1, -0.05) is 0 Å². The van der Waals surface area contributed by atoms with Crippen LogP contribution in [0.1, 0.15) is 29.8 Å². The Balaban J connectivity index is 2.05. The van der Waals surface area contributed by atoms with Gasteiger partial charge < -0.3 is 14.6 Å². The second-order valence-corrected chi connectivity index (χ2v) is 4.30. The van der Waals surface area contributed by atoms with Crippen LogP contribution < -0.4 is 0 Å². The van der Waals surface area contributed by atoms with Gasteiger partial charge in [0.05, 0.1) is 12.7 Å². The molecule has 1 heterocycles. The van der Waals surface area contributed by atoms with E-state index in [4.69, 9.17) is 5.11 Å². The molecular formula is C11H15N3O3. The van der Waals surface area contributed by atoms with Gasteiger partial charge in [0.15, 0.2) is 0 Å². The van der Waals surface area contributed by atoms with Crippen LogP contribution in [0.5, 0.6) is 0 Å². The summed E-state index contributed by atoms with van der Waals surface area (Å²) >= 11 is 0. The van der Waals surface area contributed by atoms with Crippen molar-refractivity contribution in [1.82, 2.24) is 14.5 Å². The fourth-order valence-corrected chi connectivity index (χ4v) is 1.72. The van der Waals surface area contributed by atoms with Crippen LogP contribution in [-0.2, 0) is 11.8 Å². The monoisotopic (exact) mass is 237 g/mol. The predicted octanol–water partition coefficient (Wildman–Crippen LogP) is 0.499. The Morgan fingerprint density at radius 3 is 2.76 bits per heavy atom. The number of nitrogens with zero attached hydrogens (tertiary/aromatic N) is 3. The molecule has 1 amide bonds. The van der Waals surface area contributed by atoms with Gasteiger partial charge in [0.1, 0.15) is 5.69 Å². The number of aliphatic carboxylic acids is 1. The molecule has 1 N–H and O–H groups in total. The number of imidazole rings is 1. The standard InChI is InChI=1S/C11H15N3O3/c1-13-6-9(12-7-13)11(17)14(8-2-3-8)5-4-10(15)16/h6-8H,2-5H2,1H3,(H,15,16). The van der Waals surface area contributed by atoms with Gasteiger partial charge in [0.2, 0.25) is 0 Å². The van der Waals surface area contributed by atoms with Crippen LogP contribution in [-0.4, -0.2) is 44.0 Å². The number of rotatable bonds is 5. The molecule has 1 aromatic heterocycles. The van der Waals surface area contributed by atoms with Crippen molar-refractivity contribution in [2.75, 3.05) is 6.54 Å². The molecule has 6 nitrogen and oxygen atoms in total. The summed E-state index contributed by atoms with van der Waals surface area (Å²) in [4.78, 5) is 28.3. The maximum Gasteiger partial charge on any atom is 0.305 e. The normalized spacial score (nSPS) is 14.6. The number of carbonyl (C=O) groups is 2. The number of carboxylic acid groups (broad SMARTS) is 1. The zero-order valence-electron chi connectivity index (χ0n) is 9.67. The third-order valence-corrected chi connectivity index (χ3v) is 2.74. The van der Waals surface area contributed by atoms with Crippen molar-refractivity contribution in [1.29, 1.82) is 0 Å². The average Bonchev–Trinajstić information content (AvgIpc) is 3.00. The molecule has 0 atom stereocenters. The predicted molar refractivity (Wildman–Crippen MR) is 59.5 cm³/mol. The largest absolute Gasteiger partial charge is 0.481 e. The van der Waals surface area contributed by atoms with Crippen LogP contribution in [0.2, 0.25) is 0 Å². The minimum Gasteiger partial charge on any atom is -0.481 e. The molecule has 1 aromatic rings. The van der Waals surface area contributed by atoms with Gasteiger partial charge in [-0.05, 0) is 12.8 Å². The lowest BCUT2D eigenvalue weighted by atomic mass is 10.3. The Morgan fingerprint density at radius 1 is 1.59 bits per heavy atom. The fraction of sp³-hybridized carbons (Fsp3) is 0.545. The molecule has 0 aliphatic heterocycles. The van der Waals surface area contributed by atoms with Crippen LogP contribution in [0.25, 0.3) is 0 Å². The Morgan fingerprint density at radius 2 is 2.29 bits per heavy atom. The Hall–Kier alpha value is -1.85. The Kier molecular flexibility index (Phi) is 3.12. The van der Waals surface area contributed by atoms with E-state index >= 15 is 0 Å². The molecule has 0 saturated heterocycles. The van der Waals surface area contributed by atoms with Crippen LogP contribution in [0.3, 0.4) is 0 Å². The SMILES string of the molecule is Cn1cnc(C(=O)N(CCC(=O)O)C2CC2)c1. The highest BCUT2D eigenvalue weighted by Crippen LogP contribution is 2.28. The highest BCUT2D eigenvalue weighted by molar-refractivity contribution is 5.92. The maximum absolute atomic E-state index is 12.1. The van der Waals surface area contributed by atoms with E-state index in [-0.39, 0.29) is 24.9 Å². The molecule has 17 heavy (non-hydrogen) atoms. The smallest absolute Gasteiger partial charge is 0.305 e. The first-order chi connectivity index (χ1) is 8.08. The summed E-state index contributed by atoms with van der Waals surface area (Å²) < 4.78 is 1.70. The molecule has 1 saturated carbocycles. The van der Waals surface area contributed by atoms with Gasteiger partial charge in [-0.15, -0.1) is 0 Å². The topological polar surface area (TPSA) is 75.4 Å². The van der Waals surface area contributed by atoms with Gasteiger partial charge in [-0.2, -0.15) is 0 Å². The average molecular weight is 237 g/mol. The van der Waals surface area contributed by atoms with Crippen molar-refractivity contribution >= 4 is 11.9 Å². The minimum atomic E-state index is -0.885. The molecule has 92 valence electrons. The molecule has 0 radical (unpaired) electrons. The first kappa shape index (κ1) is 11.6. The van der Waals surface area contributed by atoms with E-state index in [1.165, 1.54) is 0 Å². The van der Waals surface area contributed by atoms with E-state index in [9.17, 15) is 9.59 Å². The number of amides is 1. The van der Waals surface area contributed by atoms with Crippen molar-refractivity contribution in [3.63, 3.8) is 0 Å². The third kappa shape index (κ3) is 2.83. The van der Waals surface area contributed by atoms with Crippen LogP contribution in [0.4, 0.5) is 0 Å². The van der Waals surface area contributed by atoms with Crippen LogP contribution in [0, 0.1) is 0 Å². The summed E-state index contributed by atoms with van der Waals surface area (Å²) in [6.45, 7) is 0.259. The third-order valence-electron chi connectivity index (χ3n) is 2.74. The lowest BCUT2D eigenvalue weighted by Gasteiger charge is -2.20. The van der Waals surface area contributed by atoms with Gasteiger partial charge in [0, 0.05) is 25.8 Å². The van der Waals surface area contributed by atoms with Crippen molar-refractivity contribution in [2.45, 2.75) is 25.3 Å². The summed E-state index contributed by atoms with van der Waals surface area (Å²) in [7, 11) is 1.79. The molecule has 1 aliphatic carbocycles. The fourth-order valence-electron chi connectivity index (χ4n) is 1.72. The molecule has 6 heteroatoms. The zero-order valence-corrected chi connectivity index (χ0v) is 9.67. The lowest BCUT2D eigenvalue weighted by Crippen LogP contribution is -2.35. The second kappa shape index (κ2) is 4.57. The van der Waals surface area contributed by atoms with Gasteiger partial charge in [0.25, 0.3) is 5.91 Å². The number of aryl methyl sites for hydroxylation is 1. The molecule has 0 unspecified atom stereocenters. The second-order valence-electron chi connectivity index (χ2n) is 4.30. The quantitative estimate of drug-likeness (QED) is 0.809. The first-order valence-corrected chi connectivity index (χ1v) is 5.58. The maximum atomic E-state index is 12.1. The summed E-state index contributed by atoms with van der Waals surface area (Å²) in [6, 6.07) is 0.198. The number of hydrogen-bond donors (Lipinski definition) is 1. The van der Waals surface area contributed by atoms with Crippen molar-refractivity contribution < 1.29 is 14.7 Å². The van der Waals surface area contributed by atoms with Crippen LogP contribution >= 0.6 is 0 Å². The number of hydrogen-bond acceptors (Lipinski definition) is 3. The van der Waals surface area contributed by atoms with Crippen molar-refractivity contribution in [2.24, 2.45) is 7.05 Å².